The van der Waals surface area contributed by atoms with Crippen molar-refractivity contribution in [1.82, 2.24) is 5.32 Å². The minimum absolute atomic E-state index is 0.103. The van der Waals surface area contributed by atoms with Gasteiger partial charge >= 0.3 is 0 Å². The van der Waals surface area contributed by atoms with Crippen molar-refractivity contribution in [2.45, 2.75) is 45.4 Å². The fraction of sp³-hybridized carbons (Fsp3) is 0.381. The lowest BCUT2D eigenvalue weighted by Crippen LogP contribution is -2.26. The lowest BCUT2D eigenvalue weighted by molar-refractivity contribution is -0.121. The van der Waals surface area contributed by atoms with E-state index in [9.17, 15) is 4.79 Å². The van der Waals surface area contributed by atoms with Crippen molar-refractivity contribution in [3.63, 3.8) is 0 Å². The molecule has 0 fully saturated rings. The van der Waals surface area contributed by atoms with Gasteiger partial charge < -0.3 is 11.1 Å². The maximum absolute atomic E-state index is 12.1. The van der Waals surface area contributed by atoms with Gasteiger partial charge in [0, 0.05) is 18.7 Å². The highest BCUT2D eigenvalue weighted by molar-refractivity contribution is 5.76. The van der Waals surface area contributed by atoms with Crippen LogP contribution in [-0.2, 0) is 11.2 Å². The molecule has 0 spiro atoms. The second-order valence-electron chi connectivity index (χ2n) is 6.77. The van der Waals surface area contributed by atoms with E-state index >= 15 is 0 Å². The van der Waals surface area contributed by atoms with E-state index in [1.165, 1.54) is 16.7 Å². The summed E-state index contributed by atoms with van der Waals surface area (Å²) >= 11 is 0. The molecule has 0 aliphatic rings. The molecule has 3 heteroatoms. The molecule has 2 aromatic rings. The number of benzene rings is 2. The molecular formula is C21H28N2O. The van der Waals surface area contributed by atoms with E-state index in [1.54, 1.807) is 0 Å². The molecule has 3 N–H and O–H groups in total. The first-order valence-electron chi connectivity index (χ1n) is 8.66. The van der Waals surface area contributed by atoms with Crippen LogP contribution in [0.5, 0.6) is 0 Å². The largest absolute Gasteiger partial charge is 0.399 e. The molecule has 24 heavy (non-hydrogen) atoms. The average molecular weight is 324 g/mol. The number of hydrogen-bond acceptors (Lipinski definition) is 2. The summed E-state index contributed by atoms with van der Waals surface area (Å²) in [6.45, 7) is 7.13. The van der Waals surface area contributed by atoms with Gasteiger partial charge in [-0.05, 0) is 47.1 Å². The molecule has 2 aromatic carbocycles. The third kappa shape index (κ3) is 5.41. The molecule has 0 aromatic heterocycles. The maximum Gasteiger partial charge on any atom is 0.220 e. The van der Waals surface area contributed by atoms with Gasteiger partial charge in [-0.1, -0.05) is 57.2 Å². The number of nitrogens with one attached hydrogen (secondary N) is 1. The molecule has 0 radical (unpaired) electrons. The fourth-order valence-electron chi connectivity index (χ4n) is 2.71. The van der Waals surface area contributed by atoms with E-state index in [2.05, 4.69) is 50.4 Å². The molecule has 0 aliphatic carbocycles. The summed E-state index contributed by atoms with van der Waals surface area (Å²) in [6, 6.07) is 16.4. The summed E-state index contributed by atoms with van der Waals surface area (Å²) in [5, 5.41) is 3.01. The summed E-state index contributed by atoms with van der Waals surface area (Å²) in [6.07, 6.45) is 1.34. The van der Waals surface area contributed by atoms with Crippen molar-refractivity contribution in [3.8, 4) is 0 Å². The first kappa shape index (κ1) is 18.1. The smallest absolute Gasteiger partial charge is 0.220 e. The Balaban J connectivity index is 1.77. The van der Waals surface area contributed by atoms with Crippen LogP contribution in [0.4, 0.5) is 5.69 Å². The average Bonchev–Trinajstić information content (AvgIpc) is 2.56. The van der Waals surface area contributed by atoms with Crippen LogP contribution in [0.2, 0.25) is 0 Å². The number of anilines is 1. The van der Waals surface area contributed by atoms with E-state index < -0.39 is 0 Å². The quantitative estimate of drug-likeness (QED) is 0.748. The Kier molecular flexibility index (Phi) is 6.42. The first-order chi connectivity index (χ1) is 11.5. The fourth-order valence-corrected chi connectivity index (χ4v) is 2.71. The van der Waals surface area contributed by atoms with Crippen LogP contribution in [0, 0.1) is 0 Å². The number of hydrogen-bond donors (Lipinski definition) is 2. The molecule has 3 nitrogen and oxygen atoms in total. The van der Waals surface area contributed by atoms with Crippen molar-refractivity contribution >= 4 is 11.6 Å². The number of amides is 1. The predicted molar refractivity (Wildman–Crippen MR) is 101 cm³/mol. The Morgan fingerprint density at radius 1 is 0.958 bits per heavy atom. The van der Waals surface area contributed by atoms with E-state index in [1.807, 2.05) is 24.3 Å². The molecule has 0 bridgehead atoms. The van der Waals surface area contributed by atoms with E-state index in [-0.39, 0.29) is 11.8 Å². The summed E-state index contributed by atoms with van der Waals surface area (Å²) in [7, 11) is 0. The zero-order valence-corrected chi connectivity index (χ0v) is 14.9. The summed E-state index contributed by atoms with van der Waals surface area (Å²) in [5.74, 6) is 0.861. The van der Waals surface area contributed by atoms with Gasteiger partial charge in [0.25, 0.3) is 0 Å². The van der Waals surface area contributed by atoms with E-state index in [0.29, 0.717) is 18.9 Å². The van der Waals surface area contributed by atoms with Crippen molar-refractivity contribution in [2.24, 2.45) is 0 Å². The number of carbonyl (C=O) groups is 1. The normalized spacial score (nSPS) is 12.2. The van der Waals surface area contributed by atoms with Gasteiger partial charge in [0.05, 0.1) is 0 Å². The third-order valence-corrected chi connectivity index (χ3v) is 4.38. The highest BCUT2D eigenvalue weighted by Gasteiger charge is 2.11. The summed E-state index contributed by atoms with van der Waals surface area (Å²) in [4.78, 5) is 12.1. The van der Waals surface area contributed by atoms with Crippen molar-refractivity contribution in [1.29, 1.82) is 0 Å². The first-order valence-corrected chi connectivity index (χ1v) is 8.66. The zero-order valence-electron chi connectivity index (χ0n) is 14.9. The lowest BCUT2D eigenvalue weighted by Gasteiger charge is -2.14. The summed E-state index contributed by atoms with van der Waals surface area (Å²) in [5.41, 5.74) is 10.2. The van der Waals surface area contributed by atoms with Crippen molar-refractivity contribution in [2.75, 3.05) is 12.3 Å². The minimum atomic E-state index is 0.103. The van der Waals surface area contributed by atoms with Crippen LogP contribution in [0.15, 0.2) is 48.5 Å². The van der Waals surface area contributed by atoms with Gasteiger partial charge in [-0.2, -0.15) is 0 Å². The topological polar surface area (TPSA) is 55.1 Å². The molecular weight excluding hydrogens is 296 g/mol. The summed E-state index contributed by atoms with van der Waals surface area (Å²) < 4.78 is 0. The van der Waals surface area contributed by atoms with E-state index in [0.717, 1.165) is 12.1 Å². The predicted octanol–water partition coefficient (Wildman–Crippen LogP) is 4.24. The monoisotopic (exact) mass is 324 g/mol. The highest BCUT2D eigenvalue weighted by atomic mass is 16.1. The Labute approximate surface area is 145 Å². The van der Waals surface area contributed by atoms with Gasteiger partial charge in [0.15, 0.2) is 0 Å². The second kappa shape index (κ2) is 8.53. The standard InChI is InChI=1S/C21H28N2O/c1-15(2)18-6-8-19(9-7-18)16(3)14-21(24)23-13-12-17-4-10-20(22)11-5-17/h4-11,15-16H,12-14,22H2,1-3H3,(H,23,24). The molecule has 128 valence electrons. The number of carbonyl (C=O) groups excluding carboxylic acids is 1. The minimum Gasteiger partial charge on any atom is -0.399 e. The van der Waals surface area contributed by atoms with Gasteiger partial charge in [-0.15, -0.1) is 0 Å². The van der Waals surface area contributed by atoms with Crippen LogP contribution < -0.4 is 11.1 Å². The van der Waals surface area contributed by atoms with Crippen molar-refractivity contribution in [3.05, 3.63) is 65.2 Å². The van der Waals surface area contributed by atoms with Gasteiger partial charge in [0.1, 0.15) is 0 Å². The molecule has 1 unspecified atom stereocenters. The molecule has 1 atom stereocenters. The third-order valence-electron chi connectivity index (χ3n) is 4.38. The highest BCUT2D eigenvalue weighted by Crippen LogP contribution is 2.22. The molecule has 0 aliphatic heterocycles. The molecule has 1 amide bonds. The Morgan fingerprint density at radius 2 is 1.54 bits per heavy atom. The van der Waals surface area contributed by atoms with Gasteiger partial charge in [0.2, 0.25) is 5.91 Å². The van der Waals surface area contributed by atoms with E-state index in [4.69, 9.17) is 5.73 Å². The van der Waals surface area contributed by atoms with Crippen LogP contribution in [0.25, 0.3) is 0 Å². The van der Waals surface area contributed by atoms with Gasteiger partial charge in [-0.25, -0.2) is 0 Å². The van der Waals surface area contributed by atoms with Gasteiger partial charge in [-0.3, -0.25) is 4.79 Å². The SMILES string of the molecule is CC(C)c1ccc(C(C)CC(=O)NCCc2ccc(N)cc2)cc1. The molecule has 2 rings (SSSR count). The number of nitrogen functional groups attached to an aromatic ring is 1. The number of rotatable bonds is 7. The zero-order chi connectivity index (χ0) is 17.5. The van der Waals surface area contributed by atoms with Crippen molar-refractivity contribution < 1.29 is 4.79 Å². The Bertz CT molecular complexity index is 645. The maximum atomic E-state index is 12.1. The van der Waals surface area contributed by atoms with Crippen LogP contribution in [0.1, 0.15) is 55.7 Å². The molecule has 0 saturated carbocycles. The van der Waals surface area contributed by atoms with Crippen LogP contribution in [-0.4, -0.2) is 12.5 Å². The Morgan fingerprint density at radius 3 is 2.12 bits per heavy atom. The molecule has 0 saturated heterocycles. The van der Waals surface area contributed by atoms with Crippen LogP contribution >= 0.6 is 0 Å². The molecule has 0 heterocycles. The lowest BCUT2D eigenvalue weighted by atomic mass is 9.94. The second-order valence-corrected chi connectivity index (χ2v) is 6.77. The van der Waals surface area contributed by atoms with Crippen LogP contribution in [0.3, 0.4) is 0 Å². The number of nitrogens with two attached hydrogens (primary N) is 1. The Hall–Kier alpha value is -2.29.